The Kier molecular flexibility index (Phi) is 26.7. The molecule has 0 spiro atoms. The molecule has 0 aromatic heterocycles. The van der Waals surface area contributed by atoms with E-state index in [0.717, 1.165) is 19.3 Å². The van der Waals surface area contributed by atoms with Gasteiger partial charge >= 0.3 is 65.1 Å². The molecule has 0 bridgehead atoms. The predicted octanol–water partition coefficient (Wildman–Crippen LogP) is -3.40. The zero-order valence-electron chi connectivity index (χ0n) is 14.1. The molecule has 0 unspecified atom stereocenters. The fraction of sp³-hybridized carbons (Fsp3) is 0.867. The minimum absolute atomic E-state index is 0. The molecule has 0 aliphatic carbocycles. The first-order chi connectivity index (χ1) is 9.16. The molecule has 112 valence electrons. The van der Waals surface area contributed by atoms with Crippen LogP contribution in [0.1, 0.15) is 77.6 Å². The van der Waals surface area contributed by atoms with E-state index >= 15 is 0 Å². The van der Waals surface area contributed by atoms with Crippen LogP contribution in [-0.4, -0.2) is 18.5 Å². The van der Waals surface area contributed by atoms with Crippen LogP contribution < -0.4 is 64.2 Å². The summed E-state index contributed by atoms with van der Waals surface area (Å²) in [7, 11) is 0. The fourth-order valence-electron chi connectivity index (χ4n) is 1.94. The third kappa shape index (κ3) is 23.3. The van der Waals surface area contributed by atoms with Gasteiger partial charge in [0.1, 0.15) is 0 Å². The summed E-state index contributed by atoms with van der Waals surface area (Å²) in [4.78, 5) is 21.0. The van der Waals surface area contributed by atoms with Gasteiger partial charge in [0.2, 0.25) is 0 Å². The minimum atomic E-state index is -1.38. The maximum atomic E-state index is 10.9. The number of carbonyl (C=O) groups excluding carboxylic acids is 2. The second-order valence-corrected chi connectivity index (χ2v) is 4.95. The summed E-state index contributed by atoms with van der Waals surface area (Å²) in [5.41, 5.74) is 0. The quantitative estimate of drug-likeness (QED) is 0.154. The second kappa shape index (κ2) is 20.9. The van der Waals surface area contributed by atoms with E-state index in [2.05, 4.69) is 6.92 Å². The maximum absolute atomic E-state index is 10.9. The van der Waals surface area contributed by atoms with E-state index in [4.69, 9.17) is 4.74 Å². The van der Waals surface area contributed by atoms with Gasteiger partial charge in [-0.1, -0.05) is 64.7 Å². The Morgan fingerprint density at radius 1 is 0.810 bits per heavy atom. The number of carbonyl (C=O) groups is 2. The van der Waals surface area contributed by atoms with E-state index in [1.165, 1.54) is 44.9 Å². The van der Waals surface area contributed by atoms with Crippen LogP contribution in [0, 0.1) is 0 Å². The first kappa shape index (κ1) is 26.8. The van der Waals surface area contributed by atoms with Gasteiger partial charge < -0.3 is 14.6 Å². The normalized spacial score (nSPS) is 9.38. The van der Waals surface area contributed by atoms with Gasteiger partial charge in [-0.3, -0.25) is 4.79 Å². The van der Waals surface area contributed by atoms with Crippen molar-refractivity contribution in [3.8, 4) is 0 Å². The summed E-state index contributed by atoms with van der Waals surface area (Å²) in [6.45, 7) is 2.54. The first-order valence-electron chi connectivity index (χ1n) is 7.52. The van der Waals surface area contributed by atoms with Crippen molar-refractivity contribution < 1.29 is 78.5 Å². The third-order valence-corrected chi connectivity index (χ3v) is 3.05. The molecule has 0 aromatic carbocycles. The van der Waals surface area contributed by atoms with Gasteiger partial charge in [-0.2, -0.15) is 0 Å². The molecule has 4 nitrogen and oxygen atoms in total. The van der Waals surface area contributed by atoms with E-state index in [0.29, 0.717) is 6.61 Å². The second-order valence-electron chi connectivity index (χ2n) is 4.95. The maximum Gasteiger partial charge on any atom is 1.00 e. The van der Waals surface area contributed by atoms with Crippen LogP contribution in [0.4, 0.5) is 0 Å². The first-order valence-corrected chi connectivity index (χ1v) is 7.52. The van der Waals surface area contributed by atoms with Crippen molar-refractivity contribution in [1.29, 1.82) is 0 Å². The van der Waals surface area contributed by atoms with Crippen molar-refractivity contribution in [1.82, 2.24) is 0 Å². The largest absolute Gasteiger partial charge is 1.00 e. The number of aliphatic carboxylic acids is 1. The van der Waals surface area contributed by atoms with E-state index in [9.17, 15) is 14.7 Å². The van der Waals surface area contributed by atoms with Crippen LogP contribution in [0.3, 0.4) is 0 Å². The monoisotopic (exact) mass is 317 g/mol. The van der Waals surface area contributed by atoms with Crippen molar-refractivity contribution >= 4 is 11.9 Å². The number of hydrogen-bond donors (Lipinski definition) is 0. The molecule has 0 atom stereocenters. The molecule has 0 saturated heterocycles. The van der Waals surface area contributed by atoms with Crippen LogP contribution in [-0.2, 0) is 14.3 Å². The molecule has 0 aromatic rings. The van der Waals surface area contributed by atoms with Crippen molar-refractivity contribution in [3.63, 3.8) is 0 Å². The Morgan fingerprint density at radius 2 is 1.24 bits per heavy atom. The van der Waals surface area contributed by atoms with Crippen LogP contribution in [0.2, 0.25) is 0 Å². The topological polar surface area (TPSA) is 66.4 Å². The molecular formula is C15H27Na2O4+. The smallest absolute Gasteiger partial charge is 0.550 e. The van der Waals surface area contributed by atoms with E-state index in [1.807, 2.05) is 0 Å². The number of carboxylic acid groups (broad SMARTS) is 1. The molecule has 6 heteroatoms. The third-order valence-electron chi connectivity index (χ3n) is 3.05. The molecule has 0 radical (unpaired) electrons. The Bertz CT molecular complexity index is 248. The SMILES string of the molecule is CCCCCCCCCCCCOC(=O)CC(=O)[O-].[Na+].[Na+]. The number of ether oxygens (including phenoxy) is 1. The van der Waals surface area contributed by atoms with Crippen LogP contribution in [0.25, 0.3) is 0 Å². The van der Waals surface area contributed by atoms with Crippen LogP contribution in [0.15, 0.2) is 0 Å². The molecule has 0 N–H and O–H groups in total. The summed E-state index contributed by atoms with van der Waals surface area (Å²) in [6, 6.07) is 0. The molecular weight excluding hydrogens is 290 g/mol. The van der Waals surface area contributed by atoms with Crippen molar-refractivity contribution in [2.24, 2.45) is 0 Å². The fourth-order valence-corrected chi connectivity index (χ4v) is 1.94. The number of unbranched alkanes of at least 4 members (excludes halogenated alkanes) is 9. The summed E-state index contributed by atoms with van der Waals surface area (Å²) in [6.07, 6.45) is 11.5. The molecule has 0 aliphatic rings. The van der Waals surface area contributed by atoms with Gasteiger partial charge in [0.15, 0.2) is 0 Å². The minimum Gasteiger partial charge on any atom is -0.550 e. The summed E-state index contributed by atoms with van der Waals surface area (Å²) < 4.78 is 4.77. The Hall–Kier alpha value is 0.940. The molecule has 0 rings (SSSR count). The molecule has 21 heavy (non-hydrogen) atoms. The molecule has 0 heterocycles. The van der Waals surface area contributed by atoms with Gasteiger partial charge in [-0.25, -0.2) is 0 Å². The van der Waals surface area contributed by atoms with Gasteiger partial charge in [0.05, 0.1) is 19.0 Å². The zero-order chi connectivity index (χ0) is 14.3. The Balaban J connectivity index is -0.00000162. The molecule has 0 saturated carbocycles. The number of hydrogen-bond acceptors (Lipinski definition) is 4. The summed E-state index contributed by atoms with van der Waals surface area (Å²) in [5, 5.41) is 10.1. The van der Waals surface area contributed by atoms with Crippen molar-refractivity contribution in [2.45, 2.75) is 77.6 Å². The molecule has 0 aliphatic heterocycles. The summed E-state index contributed by atoms with van der Waals surface area (Å²) in [5.74, 6) is -2.08. The van der Waals surface area contributed by atoms with Crippen LogP contribution in [0.5, 0.6) is 0 Å². The average Bonchev–Trinajstić information content (AvgIpc) is 2.35. The molecule has 0 fully saturated rings. The number of carboxylic acids is 1. The summed E-state index contributed by atoms with van der Waals surface area (Å²) >= 11 is 0. The van der Waals surface area contributed by atoms with Gasteiger partial charge in [-0.05, 0) is 6.42 Å². The predicted molar refractivity (Wildman–Crippen MR) is 72.4 cm³/mol. The Labute approximate surface area is 173 Å². The van der Waals surface area contributed by atoms with E-state index in [1.54, 1.807) is 0 Å². The van der Waals surface area contributed by atoms with Gasteiger partial charge in [0, 0.05) is 0 Å². The van der Waals surface area contributed by atoms with Crippen molar-refractivity contribution in [3.05, 3.63) is 0 Å². The van der Waals surface area contributed by atoms with Gasteiger partial charge in [0.25, 0.3) is 0 Å². The average molecular weight is 317 g/mol. The van der Waals surface area contributed by atoms with E-state index < -0.39 is 18.4 Å². The number of esters is 1. The van der Waals surface area contributed by atoms with E-state index in [-0.39, 0.29) is 59.1 Å². The standard InChI is InChI=1S/C15H28O4.2Na/c1-2-3-4-5-6-7-8-9-10-11-12-19-15(18)13-14(16)17;;/h2-13H2,1H3,(H,16,17);;/q;2*+1/p-1. The van der Waals surface area contributed by atoms with Gasteiger partial charge in [-0.15, -0.1) is 0 Å². The molecule has 0 amide bonds. The number of rotatable bonds is 13. The van der Waals surface area contributed by atoms with Crippen LogP contribution >= 0.6 is 0 Å². The van der Waals surface area contributed by atoms with Crippen molar-refractivity contribution in [2.75, 3.05) is 6.61 Å². The Morgan fingerprint density at radius 3 is 1.67 bits per heavy atom. The zero-order valence-corrected chi connectivity index (χ0v) is 18.1.